The van der Waals surface area contributed by atoms with Gasteiger partial charge >= 0.3 is 0 Å². The molecule has 3 rings (SSSR count). The molecular weight excluding hydrogens is 480 g/mol. The molecule has 3 nitrogen and oxygen atoms in total. The van der Waals surface area contributed by atoms with Crippen LogP contribution in [0.2, 0.25) is 5.02 Å². The highest BCUT2D eigenvalue weighted by Gasteiger charge is 2.33. The predicted octanol–water partition coefficient (Wildman–Crippen LogP) is 5.03. The molecule has 0 amide bonds. The molecule has 27 heavy (non-hydrogen) atoms. The van der Waals surface area contributed by atoms with E-state index in [1.54, 1.807) is 6.07 Å². The van der Waals surface area contributed by atoms with Crippen molar-refractivity contribution in [1.29, 1.82) is 0 Å². The Labute approximate surface area is 177 Å². The van der Waals surface area contributed by atoms with Crippen LogP contribution < -0.4 is 0 Å². The molecule has 2 aromatic rings. The van der Waals surface area contributed by atoms with Crippen molar-refractivity contribution < 1.29 is 14.3 Å². The van der Waals surface area contributed by atoms with E-state index in [1.165, 1.54) is 12.1 Å². The largest absolute Gasteiger partial charge is 0.385 e. The first-order chi connectivity index (χ1) is 12.9. The van der Waals surface area contributed by atoms with Gasteiger partial charge in [0.05, 0.1) is 5.60 Å². The lowest BCUT2D eigenvalue weighted by Gasteiger charge is -2.38. The Morgan fingerprint density at radius 1 is 1.19 bits per heavy atom. The zero-order chi connectivity index (χ0) is 19.4. The number of Topliss-reactive ketones (excluding diaryl/α,β-unsaturated/α-hetero) is 1. The van der Waals surface area contributed by atoms with Gasteiger partial charge in [0, 0.05) is 33.7 Å². The number of carbonyl (C=O) groups is 1. The lowest BCUT2D eigenvalue weighted by atomic mass is 9.84. The fraction of sp³-hybridized carbons (Fsp3) is 0.381. The van der Waals surface area contributed by atoms with Gasteiger partial charge < -0.3 is 10.0 Å². The Morgan fingerprint density at radius 3 is 2.48 bits per heavy atom. The van der Waals surface area contributed by atoms with Crippen molar-refractivity contribution in [1.82, 2.24) is 4.90 Å². The number of rotatable bonds is 6. The van der Waals surface area contributed by atoms with Gasteiger partial charge in [0.2, 0.25) is 0 Å². The predicted molar refractivity (Wildman–Crippen MR) is 114 cm³/mol. The molecule has 6 heteroatoms. The van der Waals surface area contributed by atoms with Gasteiger partial charge in [0.15, 0.2) is 5.78 Å². The SMILES string of the molecule is O=C(CCCN1CCC(O)(c2ccc(Cl)cc2)CC1)c1ccc(F)cc1I. The van der Waals surface area contributed by atoms with Crippen molar-refractivity contribution in [3.63, 3.8) is 0 Å². The molecule has 2 aromatic carbocycles. The molecule has 0 aliphatic carbocycles. The second-order valence-electron chi connectivity index (χ2n) is 7.03. The summed E-state index contributed by atoms with van der Waals surface area (Å²) in [5.74, 6) is -0.272. The summed E-state index contributed by atoms with van der Waals surface area (Å²) in [7, 11) is 0. The topological polar surface area (TPSA) is 40.5 Å². The summed E-state index contributed by atoms with van der Waals surface area (Å²) in [5.41, 5.74) is 0.696. The summed E-state index contributed by atoms with van der Waals surface area (Å²) < 4.78 is 13.8. The number of hydrogen-bond donors (Lipinski definition) is 1. The van der Waals surface area contributed by atoms with Crippen LogP contribution in [0.1, 0.15) is 41.6 Å². The van der Waals surface area contributed by atoms with Crippen LogP contribution in [-0.4, -0.2) is 35.4 Å². The van der Waals surface area contributed by atoms with E-state index >= 15 is 0 Å². The van der Waals surface area contributed by atoms with Gasteiger partial charge in [-0.2, -0.15) is 0 Å². The second kappa shape index (κ2) is 8.99. The van der Waals surface area contributed by atoms with E-state index in [0.29, 0.717) is 33.4 Å². The average molecular weight is 502 g/mol. The molecule has 1 N–H and O–H groups in total. The van der Waals surface area contributed by atoms with E-state index in [1.807, 2.05) is 46.9 Å². The van der Waals surface area contributed by atoms with Gasteiger partial charge in [-0.05, 0) is 84.3 Å². The van der Waals surface area contributed by atoms with Gasteiger partial charge in [-0.15, -0.1) is 0 Å². The summed E-state index contributed by atoms with van der Waals surface area (Å²) in [6.07, 6.45) is 2.53. The Bertz CT molecular complexity index is 804. The summed E-state index contributed by atoms with van der Waals surface area (Å²) >= 11 is 7.93. The van der Waals surface area contributed by atoms with E-state index in [4.69, 9.17) is 11.6 Å². The average Bonchev–Trinajstić information content (AvgIpc) is 2.64. The van der Waals surface area contributed by atoms with E-state index in [2.05, 4.69) is 4.90 Å². The summed E-state index contributed by atoms with van der Waals surface area (Å²) in [6, 6.07) is 11.7. The zero-order valence-electron chi connectivity index (χ0n) is 14.9. The molecular formula is C21H22ClFINO2. The number of likely N-dealkylation sites (tertiary alicyclic amines) is 1. The van der Waals surface area contributed by atoms with Crippen LogP contribution in [0, 0.1) is 9.39 Å². The highest BCUT2D eigenvalue weighted by Crippen LogP contribution is 2.33. The van der Waals surface area contributed by atoms with Crippen LogP contribution >= 0.6 is 34.2 Å². The maximum atomic E-state index is 13.2. The van der Waals surface area contributed by atoms with Crippen molar-refractivity contribution >= 4 is 40.0 Å². The molecule has 0 radical (unpaired) electrons. The molecule has 1 aliphatic rings. The maximum absolute atomic E-state index is 13.2. The fourth-order valence-corrected chi connectivity index (χ4v) is 4.41. The highest BCUT2D eigenvalue weighted by molar-refractivity contribution is 14.1. The lowest BCUT2D eigenvalue weighted by Crippen LogP contribution is -2.42. The van der Waals surface area contributed by atoms with E-state index in [0.717, 1.165) is 31.6 Å². The molecule has 1 fully saturated rings. The molecule has 0 saturated carbocycles. The first-order valence-electron chi connectivity index (χ1n) is 9.06. The van der Waals surface area contributed by atoms with Crippen LogP contribution in [0.25, 0.3) is 0 Å². The standard InChI is InChI=1S/C21H22ClFINO2/c22-16-5-3-15(4-6-16)21(27)9-12-25(13-10-21)11-1-2-20(26)18-8-7-17(23)14-19(18)24/h3-8,14,27H,1-2,9-13H2. The van der Waals surface area contributed by atoms with E-state index in [-0.39, 0.29) is 11.6 Å². The van der Waals surface area contributed by atoms with Gasteiger partial charge in [-0.3, -0.25) is 4.79 Å². The smallest absolute Gasteiger partial charge is 0.163 e. The number of benzene rings is 2. The van der Waals surface area contributed by atoms with E-state index < -0.39 is 5.60 Å². The van der Waals surface area contributed by atoms with Crippen molar-refractivity contribution in [3.05, 3.63) is 68.0 Å². The zero-order valence-corrected chi connectivity index (χ0v) is 17.8. The van der Waals surface area contributed by atoms with E-state index in [9.17, 15) is 14.3 Å². The molecule has 0 bridgehead atoms. The number of carbonyl (C=O) groups excluding carboxylic acids is 1. The summed E-state index contributed by atoms with van der Waals surface area (Å²) in [5, 5.41) is 11.6. The van der Waals surface area contributed by atoms with Gasteiger partial charge in [-0.1, -0.05) is 23.7 Å². The molecule has 144 valence electrons. The lowest BCUT2D eigenvalue weighted by molar-refractivity contribution is -0.0260. The molecule has 0 spiro atoms. The third-order valence-corrected chi connectivity index (χ3v) is 6.32. The van der Waals surface area contributed by atoms with Crippen LogP contribution in [0.3, 0.4) is 0 Å². The number of hydrogen-bond acceptors (Lipinski definition) is 3. The van der Waals surface area contributed by atoms with Crippen LogP contribution in [0.4, 0.5) is 4.39 Å². The number of piperidine rings is 1. The second-order valence-corrected chi connectivity index (χ2v) is 8.63. The normalized spacial score (nSPS) is 17.0. The van der Waals surface area contributed by atoms with Gasteiger partial charge in [0.25, 0.3) is 0 Å². The Morgan fingerprint density at radius 2 is 1.85 bits per heavy atom. The Hall–Kier alpha value is -1.02. The number of halogens is 3. The van der Waals surface area contributed by atoms with Gasteiger partial charge in [-0.25, -0.2) is 4.39 Å². The number of aliphatic hydroxyl groups is 1. The van der Waals surface area contributed by atoms with Gasteiger partial charge in [0.1, 0.15) is 5.82 Å². The summed E-state index contributed by atoms with van der Waals surface area (Å²) in [6.45, 7) is 2.41. The summed E-state index contributed by atoms with van der Waals surface area (Å²) in [4.78, 5) is 14.6. The molecule has 0 atom stereocenters. The first-order valence-corrected chi connectivity index (χ1v) is 10.5. The third kappa shape index (κ3) is 5.28. The maximum Gasteiger partial charge on any atom is 0.163 e. The minimum absolute atomic E-state index is 0.0501. The minimum Gasteiger partial charge on any atom is -0.385 e. The monoisotopic (exact) mass is 501 g/mol. The van der Waals surface area contributed by atoms with Crippen LogP contribution in [0.15, 0.2) is 42.5 Å². The fourth-order valence-electron chi connectivity index (χ4n) is 3.51. The Balaban J connectivity index is 1.47. The molecule has 0 aromatic heterocycles. The molecule has 1 saturated heterocycles. The minimum atomic E-state index is -0.804. The third-order valence-electron chi connectivity index (χ3n) is 5.17. The van der Waals surface area contributed by atoms with Crippen LogP contribution in [0.5, 0.6) is 0 Å². The molecule has 1 aliphatic heterocycles. The first kappa shape index (κ1) is 20.7. The van der Waals surface area contributed by atoms with Crippen LogP contribution in [-0.2, 0) is 5.60 Å². The number of ketones is 1. The van der Waals surface area contributed by atoms with Crippen molar-refractivity contribution in [2.75, 3.05) is 19.6 Å². The highest BCUT2D eigenvalue weighted by atomic mass is 127. The number of nitrogens with zero attached hydrogens (tertiary/aromatic N) is 1. The van der Waals surface area contributed by atoms with Crippen molar-refractivity contribution in [2.24, 2.45) is 0 Å². The van der Waals surface area contributed by atoms with Crippen molar-refractivity contribution in [3.8, 4) is 0 Å². The molecule has 0 unspecified atom stereocenters. The quantitative estimate of drug-likeness (QED) is 0.446. The Kier molecular flexibility index (Phi) is 6.89. The molecule has 1 heterocycles. The van der Waals surface area contributed by atoms with Crippen molar-refractivity contribution in [2.45, 2.75) is 31.3 Å².